The molecule has 27 heavy (non-hydrogen) atoms. The van der Waals surface area contributed by atoms with Gasteiger partial charge in [0.15, 0.2) is 5.82 Å². The van der Waals surface area contributed by atoms with Crippen LogP contribution in [0.4, 0.5) is 5.82 Å². The van der Waals surface area contributed by atoms with E-state index in [0.29, 0.717) is 25.2 Å². The van der Waals surface area contributed by atoms with Crippen LogP contribution in [0.5, 0.6) is 0 Å². The summed E-state index contributed by atoms with van der Waals surface area (Å²) in [6, 6.07) is 11.5. The normalized spacial score (nSPS) is 14.2. The van der Waals surface area contributed by atoms with Crippen molar-refractivity contribution in [3.63, 3.8) is 0 Å². The summed E-state index contributed by atoms with van der Waals surface area (Å²) in [5.74, 6) is 0.0861. The molecule has 2 heterocycles. The number of nitrogens with one attached hydrogen (secondary N) is 1. The molecule has 1 aromatic carbocycles. The lowest BCUT2D eigenvalue weighted by atomic mass is 10.1. The number of rotatable bonds is 9. The first kappa shape index (κ1) is 19.1. The Balaban J connectivity index is 1.55. The van der Waals surface area contributed by atoms with Gasteiger partial charge >= 0.3 is 0 Å². The molecule has 2 amide bonds. The second kappa shape index (κ2) is 9.87. The summed E-state index contributed by atoms with van der Waals surface area (Å²) in [5, 5.41) is 6.33. The van der Waals surface area contributed by atoms with Crippen molar-refractivity contribution in [1.82, 2.24) is 15.0 Å². The Labute approximate surface area is 159 Å². The summed E-state index contributed by atoms with van der Waals surface area (Å²) < 4.78 is 4.72. The number of benzene rings is 1. The van der Waals surface area contributed by atoms with Crippen LogP contribution in [0.15, 0.2) is 47.2 Å². The predicted octanol–water partition coefficient (Wildman–Crippen LogP) is 2.17. The summed E-state index contributed by atoms with van der Waals surface area (Å²) in [4.78, 5) is 29.0. The number of carbonyl (C=O) groups excluding carboxylic acids is 2. The van der Waals surface area contributed by atoms with E-state index in [1.54, 1.807) is 11.0 Å². The number of carbonyl (C=O) groups is 2. The third-order valence-corrected chi connectivity index (χ3v) is 4.75. The molecule has 0 aliphatic carbocycles. The third-order valence-electron chi connectivity index (χ3n) is 4.75. The average Bonchev–Trinajstić information content (AvgIpc) is 3.38. The molecule has 0 spiro atoms. The van der Waals surface area contributed by atoms with Crippen molar-refractivity contribution in [2.45, 2.75) is 25.7 Å². The molecule has 1 fully saturated rings. The molecule has 1 saturated heterocycles. The maximum absolute atomic E-state index is 12.8. The van der Waals surface area contributed by atoms with E-state index in [2.05, 4.69) is 15.4 Å². The number of hydrogen-bond donors (Lipinski definition) is 1. The Morgan fingerprint density at radius 3 is 2.63 bits per heavy atom. The van der Waals surface area contributed by atoms with Crippen LogP contribution >= 0.6 is 0 Å². The van der Waals surface area contributed by atoms with Gasteiger partial charge in [0.05, 0.1) is 6.54 Å². The largest absolute Gasteiger partial charge is 0.363 e. The number of likely N-dealkylation sites (tertiary alicyclic amines) is 1. The van der Waals surface area contributed by atoms with Crippen LogP contribution in [0.3, 0.4) is 0 Å². The Morgan fingerprint density at radius 1 is 1.15 bits per heavy atom. The molecule has 0 unspecified atom stereocenters. The maximum Gasteiger partial charge on any atom is 0.245 e. The number of anilines is 1. The van der Waals surface area contributed by atoms with Crippen molar-refractivity contribution >= 4 is 17.6 Å². The van der Waals surface area contributed by atoms with E-state index in [1.807, 2.05) is 30.3 Å². The number of nitrogens with zero attached hydrogens (tertiary/aromatic N) is 3. The first-order chi connectivity index (χ1) is 13.2. The lowest BCUT2D eigenvalue weighted by Gasteiger charge is -2.25. The van der Waals surface area contributed by atoms with E-state index in [4.69, 9.17) is 4.52 Å². The zero-order valence-corrected chi connectivity index (χ0v) is 15.5. The van der Waals surface area contributed by atoms with E-state index >= 15 is 0 Å². The summed E-state index contributed by atoms with van der Waals surface area (Å²) in [7, 11) is 0. The van der Waals surface area contributed by atoms with E-state index in [9.17, 15) is 9.59 Å². The summed E-state index contributed by atoms with van der Waals surface area (Å²) in [6.07, 6.45) is 4.86. The highest BCUT2D eigenvalue weighted by atomic mass is 16.5. The summed E-state index contributed by atoms with van der Waals surface area (Å²) in [5.41, 5.74) is 1.12. The zero-order valence-electron chi connectivity index (χ0n) is 15.5. The van der Waals surface area contributed by atoms with Gasteiger partial charge in [-0.3, -0.25) is 9.59 Å². The Morgan fingerprint density at radius 2 is 1.93 bits per heavy atom. The van der Waals surface area contributed by atoms with Gasteiger partial charge in [0.25, 0.3) is 0 Å². The first-order valence-electron chi connectivity index (χ1n) is 9.45. The van der Waals surface area contributed by atoms with Crippen LogP contribution in [0.1, 0.15) is 24.8 Å². The highest BCUT2D eigenvalue weighted by Crippen LogP contribution is 2.09. The van der Waals surface area contributed by atoms with Gasteiger partial charge in [-0.25, -0.2) is 0 Å². The van der Waals surface area contributed by atoms with Gasteiger partial charge in [-0.15, -0.1) is 0 Å². The number of hydrogen-bond acceptors (Lipinski definition) is 5. The highest BCUT2D eigenvalue weighted by Gasteiger charge is 2.20. The van der Waals surface area contributed by atoms with E-state index < -0.39 is 0 Å². The van der Waals surface area contributed by atoms with E-state index in [0.717, 1.165) is 25.2 Å². The van der Waals surface area contributed by atoms with Gasteiger partial charge in [-0.1, -0.05) is 35.5 Å². The lowest BCUT2D eigenvalue weighted by Crippen LogP contribution is -2.42. The Bertz CT molecular complexity index is 712. The maximum atomic E-state index is 12.8. The van der Waals surface area contributed by atoms with Gasteiger partial charge in [-0.05, 0) is 37.9 Å². The molecule has 1 aliphatic heterocycles. The molecule has 1 aromatic heterocycles. The molecular weight excluding hydrogens is 344 g/mol. The zero-order chi connectivity index (χ0) is 18.9. The van der Waals surface area contributed by atoms with Gasteiger partial charge < -0.3 is 19.6 Å². The van der Waals surface area contributed by atoms with Crippen molar-refractivity contribution in [2.24, 2.45) is 0 Å². The number of aryl methyl sites for hydroxylation is 1. The van der Waals surface area contributed by atoms with Crippen LogP contribution in [0.2, 0.25) is 0 Å². The summed E-state index contributed by atoms with van der Waals surface area (Å²) in [6.45, 7) is 3.51. The minimum absolute atomic E-state index is 0.00615. The van der Waals surface area contributed by atoms with Gasteiger partial charge in [0.2, 0.25) is 11.8 Å². The molecule has 1 N–H and O–H groups in total. The molecule has 2 aromatic rings. The Kier molecular flexibility index (Phi) is 6.98. The second-order valence-corrected chi connectivity index (χ2v) is 6.78. The monoisotopic (exact) mass is 370 g/mol. The molecule has 1 aliphatic rings. The van der Waals surface area contributed by atoms with E-state index in [1.165, 1.54) is 19.1 Å². The van der Waals surface area contributed by atoms with Crippen LogP contribution < -0.4 is 5.32 Å². The third kappa shape index (κ3) is 6.21. The number of amides is 2. The van der Waals surface area contributed by atoms with Crippen molar-refractivity contribution in [3.8, 4) is 0 Å². The molecule has 0 bridgehead atoms. The fourth-order valence-electron chi connectivity index (χ4n) is 3.25. The van der Waals surface area contributed by atoms with Crippen LogP contribution in [0.25, 0.3) is 0 Å². The standard InChI is InChI=1S/C20H26N4O3/c25-19(21-18-10-15-27-22-18)16-24(14-13-23-11-4-5-12-23)20(26)9-8-17-6-2-1-3-7-17/h1-3,6-7,10,15H,4-5,8-9,11-14,16H2,(H,21,22,25). The van der Waals surface area contributed by atoms with Gasteiger partial charge in [-0.2, -0.15) is 0 Å². The molecule has 0 saturated carbocycles. The average molecular weight is 370 g/mol. The minimum Gasteiger partial charge on any atom is -0.363 e. The first-order valence-corrected chi connectivity index (χ1v) is 9.45. The van der Waals surface area contributed by atoms with Gasteiger partial charge in [0, 0.05) is 25.6 Å². The second-order valence-electron chi connectivity index (χ2n) is 6.78. The lowest BCUT2D eigenvalue weighted by molar-refractivity contribution is -0.134. The molecule has 7 nitrogen and oxygen atoms in total. The van der Waals surface area contributed by atoms with Crippen LogP contribution in [-0.2, 0) is 16.0 Å². The molecule has 144 valence electrons. The fraction of sp³-hybridized carbons (Fsp3) is 0.450. The number of aromatic nitrogens is 1. The Hall–Kier alpha value is -2.67. The van der Waals surface area contributed by atoms with Crippen molar-refractivity contribution < 1.29 is 14.1 Å². The van der Waals surface area contributed by atoms with Gasteiger partial charge in [0.1, 0.15) is 6.26 Å². The molecular formula is C20H26N4O3. The smallest absolute Gasteiger partial charge is 0.245 e. The van der Waals surface area contributed by atoms with E-state index in [-0.39, 0.29) is 18.4 Å². The summed E-state index contributed by atoms with van der Waals surface area (Å²) >= 11 is 0. The molecule has 0 radical (unpaired) electrons. The minimum atomic E-state index is -0.265. The molecule has 3 rings (SSSR count). The molecule has 0 atom stereocenters. The molecule has 7 heteroatoms. The van der Waals surface area contributed by atoms with Crippen molar-refractivity contribution in [2.75, 3.05) is 38.0 Å². The topological polar surface area (TPSA) is 78.7 Å². The predicted molar refractivity (Wildman–Crippen MR) is 102 cm³/mol. The van der Waals surface area contributed by atoms with Crippen LogP contribution in [0, 0.1) is 0 Å². The van der Waals surface area contributed by atoms with Crippen LogP contribution in [-0.4, -0.2) is 59.5 Å². The van der Waals surface area contributed by atoms with Crippen molar-refractivity contribution in [3.05, 3.63) is 48.2 Å². The SMILES string of the molecule is O=C(CN(CCN1CCCC1)C(=O)CCc1ccccc1)Nc1ccon1. The quantitative estimate of drug-likeness (QED) is 0.732. The fourth-order valence-corrected chi connectivity index (χ4v) is 3.25. The highest BCUT2D eigenvalue weighted by molar-refractivity contribution is 5.93. The van der Waals surface area contributed by atoms with Crippen molar-refractivity contribution in [1.29, 1.82) is 0 Å².